The van der Waals surface area contributed by atoms with E-state index in [2.05, 4.69) is 36.6 Å². The van der Waals surface area contributed by atoms with E-state index in [1.807, 2.05) is 0 Å². The highest BCUT2D eigenvalue weighted by Crippen LogP contribution is 2.35. The van der Waals surface area contributed by atoms with Crippen molar-refractivity contribution < 1.29 is 18.7 Å². The van der Waals surface area contributed by atoms with E-state index in [0.717, 1.165) is 0 Å². The monoisotopic (exact) mass is 494 g/mol. The molecule has 0 spiro atoms. The highest BCUT2D eigenvalue weighted by molar-refractivity contribution is 5.82. The average Bonchev–Trinajstić information content (AvgIpc) is 3.34. The van der Waals surface area contributed by atoms with Crippen molar-refractivity contribution in [3.05, 3.63) is 48.2 Å². The van der Waals surface area contributed by atoms with E-state index in [9.17, 15) is 9.18 Å². The standard InChI is InChI=1S/C24H27FN8O3/c1-24(22(34)28-12-9-27)13-35-21(36-14-24)20-32-18(15-3-5-16(25)6-4-15)19(33-20)17-7-11-30-23(31-17)29-10-2-8-26/h3-7,11,21H,2,9-10,12-14,27H2,1H3,(H,28,34)(H,32,33)(H,29,30,31). The van der Waals surface area contributed by atoms with Gasteiger partial charge in [-0.3, -0.25) is 4.79 Å². The summed E-state index contributed by atoms with van der Waals surface area (Å²) in [6.07, 6.45) is 1.05. The Morgan fingerprint density at radius 1 is 1.25 bits per heavy atom. The number of nitriles is 1. The van der Waals surface area contributed by atoms with Gasteiger partial charge in [0.05, 0.1) is 48.2 Å². The van der Waals surface area contributed by atoms with Gasteiger partial charge in [-0.2, -0.15) is 5.26 Å². The molecule has 188 valence electrons. The molecule has 1 aromatic carbocycles. The maximum Gasteiger partial charge on any atom is 0.230 e. The van der Waals surface area contributed by atoms with Gasteiger partial charge in [0.25, 0.3) is 0 Å². The van der Waals surface area contributed by atoms with E-state index >= 15 is 0 Å². The summed E-state index contributed by atoms with van der Waals surface area (Å²) < 4.78 is 25.3. The van der Waals surface area contributed by atoms with Crippen LogP contribution in [0.2, 0.25) is 0 Å². The number of hydrogen-bond acceptors (Lipinski definition) is 9. The number of anilines is 1. The first-order valence-electron chi connectivity index (χ1n) is 11.4. The zero-order chi connectivity index (χ0) is 25.5. The molecule has 36 heavy (non-hydrogen) atoms. The number of halogens is 1. The van der Waals surface area contributed by atoms with E-state index in [1.165, 1.54) is 12.1 Å². The van der Waals surface area contributed by atoms with Crippen molar-refractivity contribution in [2.75, 3.05) is 38.2 Å². The van der Waals surface area contributed by atoms with E-state index in [-0.39, 0.29) is 24.9 Å². The molecule has 1 amide bonds. The number of benzene rings is 1. The molecular formula is C24H27FN8O3. The van der Waals surface area contributed by atoms with Crippen LogP contribution in [0.1, 0.15) is 25.5 Å². The summed E-state index contributed by atoms with van der Waals surface area (Å²) in [6.45, 7) is 3.11. The zero-order valence-corrected chi connectivity index (χ0v) is 19.8. The minimum absolute atomic E-state index is 0.121. The van der Waals surface area contributed by atoms with Crippen molar-refractivity contribution in [1.82, 2.24) is 25.3 Å². The van der Waals surface area contributed by atoms with Gasteiger partial charge in [0, 0.05) is 31.4 Å². The van der Waals surface area contributed by atoms with Crippen LogP contribution in [-0.2, 0) is 14.3 Å². The number of nitrogens with zero attached hydrogens (tertiary/aromatic N) is 4. The van der Waals surface area contributed by atoms with E-state index in [1.54, 1.807) is 31.3 Å². The first kappa shape index (κ1) is 25.2. The van der Waals surface area contributed by atoms with Gasteiger partial charge >= 0.3 is 0 Å². The fourth-order valence-corrected chi connectivity index (χ4v) is 3.62. The Hall–Kier alpha value is -3.92. The average molecular weight is 495 g/mol. The molecule has 0 atom stereocenters. The number of hydrogen-bond donors (Lipinski definition) is 4. The lowest BCUT2D eigenvalue weighted by Gasteiger charge is -2.35. The summed E-state index contributed by atoms with van der Waals surface area (Å²) in [4.78, 5) is 29.1. The maximum absolute atomic E-state index is 13.6. The van der Waals surface area contributed by atoms with Gasteiger partial charge in [-0.15, -0.1) is 0 Å². The first-order valence-corrected chi connectivity index (χ1v) is 11.4. The third kappa shape index (κ3) is 5.65. The maximum atomic E-state index is 13.6. The quantitative estimate of drug-likeness (QED) is 0.326. The summed E-state index contributed by atoms with van der Waals surface area (Å²) in [6, 6.07) is 9.70. The Kier molecular flexibility index (Phi) is 7.84. The van der Waals surface area contributed by atoms with Crippen LogP contribution in [0, 0.1) is 22.6 Å². The number of aromatic amines is 1. The van der Waals surface area contributed by atoms with Crippen LogP contribution in [0.15, 0.2) is 36.5 Å². The van der Waals surface area contributed by atoms with Gasteiger partial charge < -0.3 is 30.8 Å². The highest BCUT2D eigenvalue weighted by atomic mass is 19.1. The van der Waals surface area contributed by atoms with Crippen LogP contribution in [0.4, 0.5) is 10.3 Å². The van der Waals surface area contributed by atoms with Crippen molar-refractivity contribution in [2.24, 2.45) is 11.1 Å². The second-order valence-corrected chi connectivity index (χ2v) is 8.51. The lowest BCUT2D eigenvalue weighted by Crippen LogP contribution is -2.49. The largest absolute Gasteiger partial charge is 0.354 e. The number of rotatable bonds is 9. The molecule has 1 aliphatic rings. The number of carbonyl (C=O) groups is 1. The van der Waals surface area contributed by atoms with Gasteiger partial charge in [-0.05, 0) is 37.3 Å². The molecule has 5 N–H and O–H groups in total. The van der Waals surface area contributed by atoms with Gasteiger partial charge in [0.1, 0.15) is 5.82 Å². The number of H-pyrrole nitrogens is 1. The van der Waals surface area contributed by atoms with Crippen LogP contribution < -0.4 is 16.4 Å². The van der Waals surface area contributed by atoms with Crippen LogP contribution in [0.3, 0.4) is 0 Å². The molecule has 1 saturated heterocycles. The zero-order valence-electron chi connectivity index (χ0n) is 19.8. The SMILES string of the molecule is CC1(C(=O)NCCN)COC(c2nc(-c3ccc(F)cc3)c(-c3ccnc(NCCC#N)n3)[nH]2)OC1. The van der Waals surface area contributed by atoms with Gasteiger partial charge in [0.15, 0.2) is 5.82 Å². The predicted octanol–water partition coefficient (Wildman–Crippen LogP) is 2.12. The Bertz CT molecular complexity index is 1230. The molecule has 0 aliphatic carbocycles. The summed E-state index contributed by atoms with van der Waals surface area (Å²) >= 11 is 0. The number of nitrogens with one attached hydrogen (secondary N) is 3. The predicted molar refractivity (Wildman–Crippen MR) is 129 cm³/mol. The number of carbonyl (C=O) groups excluding carboxylic acids is 1. The van der Waals surface area contributed by atoms with Crippen LogP contribution in [0.25, 0.3) is 22.6 Å². The second-order valence-electron chi connectivity index (χ2n) is 8.51. The first-order chi connectivity index (χ1) is 17.4. The highest BCUT2D eigenvalue weighted by Gasteiger charge is 2.40. The Morgan fingerprint density at radius 3 is 2.69 bits per heavy atom. The minimum atomic E-state index is -0.864. The van der Waals surface area contributed by atoms with Crippen molar-refractivity contribution in [2.45, 2.75) is 19.6 Å². The molecule has 2 aromatic heterocycles. The van der Waals surface area contributed by atoms with Crippen molar-refractivity contribution >= 4 is 11.9 Å². The molecular weight excluding hydrogens is 467 g/mol. The van der Waals surface area contributed by atoms with E-state index in [4.69, 9.17) is 20.5 Å². The molecule has 4 rings (SSSR count). The Morgan fingerprint density at radius 2 is 2.00 bits per heavy atom. The van der Waals surface area contributed by atoms with Crippen molar-refractivity contribution in [3.63, 3.8) is 0 Å². The number of aromatic nitrogens is 4. The van der Waals surface area contributed by atoms with Crippen molar-refractivity contribution in [1.29, 1.82) is 5.26 Å². The molecule has 11 nitrogen and oxygen atoms in total. The van der Waals surface area contributed by atoms with Crippen LogP contribution in [-0.4, -0.2) is 58.7 Å². The molecule has 12 heteroatoms. The van der Waals surface area contributed by atoms with Gasteiger partial charge in [0.2, 0.25) is 18.1 Å². The summed E-state index contributed by atoms with van der Waals surface area (Å²) in [5, 5.41) is 14.5. The fourth-order valence-electron chi connectivity index (χ4n) is 3.62. The summed E-state index contributed by atoms with van der Waals surface area (Å²) in [7, 11) is 0. The van der Waals surface area contributed by atoms with Gasteiger partial charge in [-0.1, -0.05) is 0 Å². The smallest absolute Gasteiger partial charge is 0.230 e. The minimum Gasteiger partial charge on any atom is -0.354 e. The molecule has 0 radical (unpaired) electrons. The molecule has 3 heterocycles. The van der Waals surface area contributed by atoms with Crippen molar-refractivity contribution in [3.8, 4) is 28.7 Å². The van der Waals surface area contributed by atoms with Crippen LogP contribution in [0.5, 0.6) is 0 Å². The normalized spacial score (nSPS) is 19.4. The lowest BCUT2D eigenvalue weighted by atomic mass is 9.91. The van der Waals surface area contributed by atoms with Gasteiger partial charge in [-0.25, -0.2) is 19.3 Å². The third-order valence-electron chi connectivity index (χ3n) is 5.58. The van der Waals surface area contributed by atoms with Crippen LogP contribution >= 0.6 is 0 Å². The second kappa shape index (κ2) is 11.2. The van der Waals surface area contributed by atoms with E-state index < -0.39 is 11.7 Å². The molecule has 0 saturated carbocycles. The molecule has 1 fully saturated rings. The third-order valence-corrected chi connectivity index (χ3v) is 5.58. The molecule has 3 aromatic rings. The number of nitrogens with two attached hydrogens (primary N) is 1. The number of ether oxygens (including phenoxy) is 2. The Balaban J connectivity index is 1.62. The topological polar surface area (TPSA) is 164 Å². The molecule has 1 aliphatic heterocycles. The summed E-state index contributed by atoms with van der Waals surface area (Å²) in [5.41, 5.74) is 6.88. The fraction of sp³-hybridized carbons (Fsp3) is 0.375. The summed E-state index contributed by atoms with van der Waals surface area (Å²) in [5.74, 6) is 0.170. The molecule has 0 bridgehead atoms. The van der Waals surface area contributed by atoms with E-state index in [0.29, 0.717) is 60.5 Å². The Labute approximate surface area is 207 Å². The number of amides is 1. The lowest BCUT2D eigenvalue weighted by molar-refractivity contribution is -0.231. The number of imidazole rings is 1. The molecule has 0 unspecified atom stereocenters.